The fourth-order valence-electron chi connectivity index (χ4n) is 1.78. The summed E-state index contributed by atoms with van der Waals surface area (Å²) < 4.78 is 0. The van der Waals surface area contributed by atoms with Crippen molar-refractivity contribution < 1.29 is 0 Å². The first-order valence-corrected chi connectivity index (χ1v) is 4.94. The number of hydrogen-bond donors (Lipinski definition) is 1. The van der Waals surface area contributed by atoms with Crippen molar-refractivity contribution in [1.82, 2.24) is 10.2 Å². The molecule has 1 N–H and O–H groups in total. The highest BCUT2D eigenvalue weighted by atomic mass is 15.1. The first-order chi connectivity index (χ1) is 5.54. The number of nitrogens with one attached hydrogen (secondary N) is 1. The maximum Gasteiger partial charge on any atom is 0.0104 e. The monoisotopic (exact) mass is 170 g/mol. The van der Waals surface area contributed by atoms with E-state index >= 15 is 0 Å². The molecule has 1 saturated heterocycles. The second kappa shape index (κ2) is 3.75. The molecule has 0 aromatic heterocycles. The summed E-state index contributed by atoms with van der Waals surface area (Å²) in [6, 6.07) is 0. The molecule has 1 rings (SSSR count). The highest BCUT2D eigenvalue weighted by molar-refractivity contribution is 4.85. The highest BCUT2D eigenvalue weighted by Gasteiger charge is 2.30. The minimum Gasteiger partial charge on any atom is -0.315 e. The summed E-state index contributed by atoms with van der Waals surface area (Å²) in [5, 5.41) is 3.51. The number of hydrogen-bond acceptors (Lipinski definition) is 2. The van der Waals surface area contributed by atoms with Gasteiger partial charge in [0.2, 0.25) is 0 Å². The van der Waals surface area contributed by atoms with Crippen molar-refractivity contribution in [2.75, 3.05) is 33.2 Å². The third-order valence-electron chi connectivity index (χ3n) is 3.22. The van der Waals surface area contributed by atoms with Crippen LogP contribution in [0.4, 0.5) is 0 Å². The first kappa shape index (κ1) is 10.0. The zero-order valence-corrected chi connectivity index (χ0v) is 8.85. The first-order valence-electron chi connectivity index (χ1n) is 4.94. The van der Waals surface area contributed by atoms with Crippen molar-refractivity contribution in [1.29, 1.82) is 0 Å². The Bertz CT molecular complexity index is 145. The number of nitrogens with zero attached hydrogens (tertiary/aromatic N) is 1. The second-order valence-corrected chi connectivity index (χ2v) is 4.72. The molecule has 12 heavy (non-hydrogen) atoms. The molecule has 0 aromatic carbocycles. The minimum absolute atomic E-state index is 0.450. The van der Waals surface area contributed by atoms with Crippen LogP contribution < -0.4 is 5.32 Å². The van der Waals surface area contributed by atoms with E-state index in [0.717, 1.165) is 19.0 Å². The lowest BCUT2D eigenvalue weighted by Crippen LogP contribution is -2.40. The molecular weight excluding hydrogens is 148 g/mol. The SMILES string of the molecule is CC(C)C1(C)CNCCN(C)C1. The molecule has 1 aliphatic rings. The van der Waals surface area contributed by atoms with Gasteiger partial charge in [-0.1, -0.05) is 20.8 Å². The van der Waals surface area contributed by atoms with E-state index in [-0.39, 0.29) is 0 Å². The zero-order chi connectivity index (χ0) is 9.19. The van der Waals surface area contributed by atoms with E-state index in [1.54, 1.807) is 0 Å². The fourth-order valence-corrected chi connectivity index (χ4v) is 1.78. The van der Waals surface area contributed by atoms with Gasteiger partial charge in [0.15, 0.2) is 0 Å². The van der Waals surface area contributed by atoms with Gasteiger partial charge < -0.3 is 10.2 Å². The van der Waals surface area contributed by atoms with E-state index in [2.05, 4.69) is 38.0 Å². The number of likely N-dealkylation sites (N-methyl/N-ethyl adjacent to an activating group) is 1. The Morgan fingerprint density at radius 1 is 1.42 bits per heavy atom. The quantitative estimate of drug-likeness (QED) is 0.636. The van der Waals surface area contributed by atoms with Crippen LogP contribution in [0.2, 0.25) is 0 Å². The van der Waals surface area contributed by atoms with Gasteiger partial charge in [0.25, 0.3) is 0 Å². The van der Waals surface area contributed by atoms with E-state index < -0.39 is 0 Å². The van der Waals surface area contributed by atoms with Crippen LogP contribution >= 0.6 is 0 Å². The molecule has 1 unspecified atom stereocenters. The molecule has 72 valence electrons. The van der Waals surface area contributed by atoms with Gasteiger partial charge in [0.05, 0.1) is 0 Å². The van der Waals surface area contributed by atoms with Crippen LogP contribution in [-0.4, -0.2) is 38.1 Å². The summed E-state index contributed by atoms with van der Waals surface area (Å²) >= 11 is 0. The van der Waals surface area contributed by atoms with Crippen molar-refractivity contribution in [3.63, 3.8) is 0 Å². The Kier molecular flexibility index (Phi) is 3.13. The third-order valence-corrected chi connectivity index (χ3v) is 3.22. The molecule has 0 aromatic rings. The van der Waals surface area contributed by atoms with E-state index in [1.165, 1.54) is 13.1 Å². The molecule has 1 aliphatic heterocycles. The lowest BCUT2D eigenvalue weighted by atomic mass is 9.79. The summed E-state index contributed by atoms with van der Waals surface area (Å²) in [7, 11) is 2.22. The van der Waals surface area contributed by atoms with Crippen molar-refractivity contribution >= 4 is 0 Å². The lowest BCUT2D eigenvalue weighted by molar-refractivity contribution is 0.159. The topological polar surface area (TPSA) is 15.3 Å². The Labute approximate surface area is 76.3 Å². The fraction of sp³-hybridized carbons (Fsp3) is 1.00. The molecule has 0 saturated carbocycles. The van der Waals surface area contributed by atoms with E-state index in [4.69, 9.17) is 0 Å². The maximum atomic E-state index is 3.51. The minimum atomic E-state index is 0.450. The van der Waals surface area contributed by atoms with E-state index in [1.807, 2.05) is 0 Å². The Morgan fingerprint density at radius 3 is 2.67 bits per heavy atom. The average Bonchev–Trinajstić information content (AvgIpc) is 2.12. The zero-order valence-electron chi connectivity index (χ0n) is 8.85. The van der Waals surface area contributed by atoms with Crippen molar-refractivity contribution in [3.8, 4) is 0 Å². The van der Waals surface area contributed by atoms with Gasteiger partial charge in [0, 0.05) is 26.2 Å². The molecular formula is C10H22N2. The largest absolute Gasteiger partial charge is 0.315 e. The smallest absolute Gasteiger partial charge is 0.0104 e. The Morgan fingerprint density at radius 2 is 2.08 bits per heavy atom. The van der Waals surface area contributed by atoms with Crippen molar-refractivity contribution in [2.24, 2.45) is 11.3 Å². The normalized spacial score (nSPS) is 33.8. The lowest BCUT2D eigenvalue weighted by Gasteiger charge is -2.34. The van der Waals surface area contributed by atoms with Gasteiger partial charge >= 0.3 is 0 Å². The summed E-state index contributed by atoms with van der Waals surface area (Å²) in [5.41, 5.74) is 0.450. The average molecular weight is 170 g/mol. The maximum absolute atomic E-state index is 3.51. The highest BCUT2D eigenvalue weighted by Crippen LogP contribution is 2.27. The van der Waals surface area contributed by atoms with Crippen LogP contribution in [0.3, 0.4) is 0 Å². The molecule has 0 radical (unpaired) electrons. The van der Waals surface area contributed by atoms with E-state index in [0.29, 0.717) is 5.41 Å². The third kappa shape index (κ3) is 2.20. The van der Waals surface area contributed by atoms with Gasteiger partial charge in [-0.25, -0.2) is 0 Å². The summed E-state index contributed by atoms with van der Waals surface area (Å²) in [5.74, 6) is 0.755. The molecule has 1 atom stereocenters. The van der Waals surface area contributed by atoms with Crippen molar-refractivity contribution in [2.45, 2.75) is 20.8 Å². The molecule has 0 aliphatic carbocycles. The predicted octanol–water partition coefficient (Wildman–Crippen LogP) is 1.18. The standard InChI is InChI=1S/C10H22N2/c1-9(2)10(3)7-11-5-6-12(4)8-10/h9,11H,5-8H2,1-4H3. The molecule has 1 heterocycles. The van der Waals surface area contributed by atoms with Gasteiger partial charge in [-0.2, -0.15) is 0 Å². The Balaban J connectivity index is 2.61. The molecule has 2 heteroatoms. The van der Waals surface area contributed by atoms with Gasteiger partial charge in [0.1, 0.15) is 0 Å². The molecule has 1 fully saturated rings. The van der Waals surface area contributed by atoms with Crippen LogP contribution in [-0.2, 0) is 0 Å². The van der Waals surface area contributed by atoms with Crippen molar-refractivity contribution in [3.05, 3.63) is 0 Å². The summed E-state index contributed by atoms with van der Waals surface area (Å²) in [6.07, 6.45) is 0. The van der Waals surface area contributed by atoms with Gasteiger partial charge in [-0.15, -0.1) is 0 Å². The summed E-state index contributed by atoms with van der Waals surface area (Å²) in [6.45, 7) is 11.7. The van der Waals surface area contributed by atoms with E-state index in [9.17, 15) is 0 Å². The molecule has 0 amide bonds. The van der Waals surface area contributed by atoms with Crippen LogP contribution in [0.15, 0.2) is 0 Å². The Hall–Kier alpha value is -0.0800. The molecule has 2 nitrogen and oxygen atoms in total. The number of rotatable bonds is 1. The summed E-state index contributed by atoms with van der Waals surface area (Å²) in [4.78, 5) is 2.43. The molecule has 0 spiro atoms. The van der Waals surface area contributed by atoms with Crippen LogP contribution in [0.5, 0.6) is 0 Å². The van der Waals surface area contributed by atoms with Crippen LogP contribution in [0, 0.1) is 11.3 Å². The van der Waals surface area contributed by atoms with Gasteiger partial charge in [-0.3, -0.25) is 0 Å². The molecule has 0 bridgehead atoms. The second-order valence-electron chi connectivity index (χ2n) is 4.72. The van der Waals surface area contributed by atoms with Crippen LogP contribution in [0.25, 0.3) is 0 Å². The van der Waals surface area contributed by atoms with Gasteiger partial charge in [-0.05, 0) is 18.4 Å². The predicted molar refractivity (Wildman–Crippen MR) is 53.3 cm³/mol. The van der Waals surface area contributed by atoms with Crippen LogP contribution in [0.1, 0.15) is 20.8 Å².